The number of carbonyl (C=O) groups is 1. The number of nitrogens with zero attached hydrogens (tertiary/aromatic N) is 1. The van der Waals surface area contributed by atoms with Gasteiger partial charge in [0.25, 0.3) is 5.91 Å². The second kappa shape index (κ2) is 7.35. The van der Waals surface area contributed by atoms with Gasteiger partial charge in [-0.25, -0.2) is 8.42 Å². The van der Waals surface area contributed by atoms with Gasteiger partial charge in [0.15, 0.2) is 0 Å². The van der Waals surface area contributed by atoms with Crippen LogP contribution in [0.25, 0.3) is 0 Å². The molecule has 0 atom stereocenters. The van der Waals surface area contributed by atoms with Crippen LogP contribution in [0, 0.1) is 27.7 Å². The van der Waals surface area contributed by atoms with Crippen molar-refractivity contribution in [3.63, 3.8) is 0 Å². The fourth-order valence-corrected chi connectivity index (χ4v) is 5.33. The lowest BCUT2D eigenvalue weighted by molar-refractivity contribution is 0.102. The first-order valence-electron chi connectivity index (χ1n) is 9.19. The second-order valence-corrected chi connectivity index (χ2v) is 9.34. The lowest BCUT2D eigenvalue weighted by atomic mass is 10.0. The van der Waals surface area contributed by atoms with E-state index in [-0.39, 0.29) is 11.7 Å². The number of carbonyl (C=O) groups excluding carboxylic acids is 1. The van der Waals surface area contributed by atoms with Gasteiger partial charge in [0.05, 0.1) is 11.4 Å². The van der Waals surface area contributed by atoms with Crippen LogP contribution in [0.5, 0.6) is 0 Å². The summed E-state index contributed by atoms with van der Waals surface area (Å²) in [4.78, 5) is 12.8. The Bertz CT molecular complexity index is 973. The van der Waals surface area contributed by atoms with E-state index >= 15 is 0 Å². The Morgan fingerprint density at radius 2 is 1.63 bits per heavy atom. The predicted octanol–water partition coefficient (Wildman–Crippen LogP) is 4.10. The number of nitrogens with one attached hydrogen (secondary N) is 1. The Labute approximate surface area is 161 Å². The van der Waals surface area contributed by atoms with Crippen LogP contribution in [0.2, 0.25) is 0 Å². The van der Waals surface area contributed by atoms with Crippen LogP contribution in [0.1, 0.15) is 45.5 Å². The largest absolute Gasteiger partial charge is 0.322 e. The predicted molar refractivity (Wildman–Crippen MR) is 110 cm³/mol. The van der Waals surface area contributed by atoms with Gasteiger partial charge < -0.3 is 5.32 Å². The first-order chi connectivity index (χ1) is 12.7. The zero-order valence-corrected chi connectivity index (χ0v) is 17.1. The minimum Gasteiger partial charge on any atom is -0.322 e. The van der Waals surface area contributed by atoms with Crippen molar-refractivity contribution in [1.82, 2.24) is 0 Å². The first-order valence-corrected chi connectivity index (χ1v) is 10.8. The Morgan fingerprint density at radius 3 is 2.26 bits per heavy atom. The van der Waals surface area contributed by atoms with Crippen molar-refractivity contribution < 1.29 is 13.2 Å². The highest BCUT2D eigenvalue weighted by atomic mass is 32.2. The van der Waals surface area contributed by atoms with Gasteiger partial charge in [-0.2, -0.15) is 0 Å². The van der Waals surface area contributed by atoms with Crippen LogP contribution in [0.4, 0.5) is 11.4 Å². The van der Waals surface area contributed by atoms with Crippen LogP contribution < -0.4 is 9.62 Å². The third-order valence-electron chi connectivity index (χ3n) is 5.00. The normalized spacial score (nSPS) is 16.2. The van der Waals surface area contributed by atoms with E-state index in [1.165, 1.54) is 4.31 Å². The maximum absolute atomic E-state index is 12.8. The number of sulfonamides is 1. The molecule has 6 heteroatoms. The van der Waals surface area contributed by atoms with Gasteiger partial charge in [-0.3, -0.25) is 9.10 Å². The number of aryl methyl sites for hydroxylation is 4. The summed E-state index contributed by atoms with van der Waals surface area (Å²) in [5.41, 5.74) is 5.86. The summed E-state index contributed by atoms with van der Waals surface area (Å²) in [6, 6.07) is 9.30. The Hall–Kier alpha value is -2.34. The standard InChI is InChI=1S/C21H26N2O3S/c1-14-11-16(3)20(17(4)12-14)22-21(24)18-8-7-15(2)19(13-18)23-9-5-6-10-27(23,25)26/h7-8,11-13H,5-6,9-10H2,1-4H3,(H,22,24). The molecule has 1 fully saturated rings. The highest BCUT2D eigenvalue weighted by Crippen LogP contribution is 2.29. The molecule has 1 aliphatic heterocycles. The van der Waals surface area contributed by atoms with Crippen molar-refractivity contribution in [2.75, 3.05) is 21.9 Å². The molecule has 0 spiro atoms. The summed E-state index contributed by atoms with van der Waals surface area (Å²) < 4.78 is 26.4. The number of rotatable bonds is 3. The molecule has 2 aromatic rings. The number of anilines is 2. The Kier molecular flexibility index (Phi) is 5.29. The lowest BCUT2D eigenvalue weighted by Gasteiger charge is -2.29. The fraction of sp³-hybridized carbons (Fsp3) is 0.381. The zero-order valence-electron chi connectivity index (χ0n) is 16.3. The van der Waals surface area contributed by atoms with Crippen LogP contribution in [0.3, 0.4) is 0 Å². The number of hydrogen-bond donors (Lipinski definition) is 1. The van der Waals surface area contributed by atoms with E-state index in [0.29, 0.717) is 24.2 Å². The topological polar surface area (TPSA) is 66.5 Å². The number of hydrogen-bond acceptors (Lipinski definition) is 3. The highest BCUT2D eigenvalue weighted by molar-refractivity contribution is 7.92. The van der Waals surface area contributed by atoms with E-state index in [4.69, 9.17) is 0 Å². The van der Waals surface area contributed by atoms with Crippen LogP contribution >= 0.6 is 0 Å². The van der Waals surface area contributed by atoms with E-state index < -0.39 is 10.0 Å². The molecule has 1 heterocycles. The summed E-state index contributed by atoms with van der Waals surface area (Å²) >= 11 is 0. The average molecular weight is 387 g/mol. The van der Waals surface area contributed by atoms with Crippen molar-refractivity contribution in [3.8, 4) is 0 Å². The molecular weight excluding hydrogens is 360 g/mol. The molecule has 0 bridgehead atoms. The minimum atomic E-state index is -3.32. The lowest BCUT2D eigenvalue weighted by Crippen LogP contribution is -2.38. The molecule has 1 aliphatic rings. The quantitative estimate of drug-likeness (QED) is 0.863. The van der Waals surface area contributed by atoms with Gasteiger partial charge in [0.2, 0.25) is 10.0 Å². The summed E-state index contributed by atoms with van der Waals surface area (Å²) in [5, 5.41) is 2.99. The Morgan fingerprint density at radius 1 is 0.963 bits per heavy atom. The maximum atomic E-state index is 12.8. The zero-order chi connectivity index (χ0) is 19.8. The van der Waals surface area contributed by atoms with Crippen molar-refractivity contribution in [2.24, 2.45) is 0 Å². The van der Waals surface area contributed by atoms with Crippen LogP contribution in [-0.2, 0) is 10.0 Å². The first kappa shape index (κ1) is 19.4. The molecule has 0 saturated carbocycles. The molecule has 0 radical (unpaired) electrons. The Balaban J connectivity index is 1.93. The summed E-state index contributed by atoms with van der Waals surface area (Å²) in [5.74, 6) is -0.0781. The minimum absolute atomic E-state index is 0.157. The van der Waals surface area contributed by atoms with Crippen LogP contribution in [0.15, 0.2) is 30.3 Å². The molecule has 0 unspecified atom stereocenters. The van der Waals surface area contributed by atoms with Gasteiger partial charge in [0.1, 0.15) is 0 Å². The third-order valence-corrected chi connectivity index (χ3v) is 6.86. The van der Waals surface area contributed by atoms with E-state index in [0.717, 1.165) is 34.4 Å². The van der Waals surface area contributed by atoms with Gasteiger partial charge in [0, 0.05) is 17.8 Å². The SMILES string of the molecule is Cc1cc(C)c(NC(=O)c2ccc(C)c(N3CCCCS3(=O)=O)c2)c(C)c1. The van der Waals surface area contributed by atoms with Gasteiger partial charge in [-0.15, -0.1) is 0 Å². The van der Waals surface area contributed by atoms with Gasteiger partial charge >= 0.3 is 0 Å². The smallest absolute Gasteiger partial charge is 0.255 e. The summed E-state index contributed by atoms with van der Waals surface area (Å²) in [6.07, 6.45) is 1.51. The van der Waals surface area contributed by atoms with Crippen molar-refractivity contribution in [3.05, 3.63) is 58.1 Å². The average Bonchev–Trinajstić information content (AvgIpc) is 2.58. The summed E-state index contributed by atoms with van der Waals surface area (Å²) in [6.45, 7) is 8.30. The molecule has 1 amide bonds. The third kappa shape index (κ3) is 4.00. The highest BCUT2D eigenvalue weighted by Gasteiger charge is 2.27. The van der Waals surface area contributed by atoms with Crippen molar-refractivity contribution in [1.29, 1.82) is 0 Å². The molecule has 3 rings (SSSR count). The van der Waals surface area contributed by atoms with Gasteiger partial charge in [-0.1, -0.05) is 23.8 Å². The summed E-state index contributed by atoms with van der Waals surface area (Å²) in [7, 11) is -3.32. The molecule has 0 aromatic heterocycles. The molecule has 1 N–H and O–H groups in total. The van der Waals surface area contributed by atoms with Gasteiger partial charge in [-0.05, 0) is 69.4 Å². The second-order valence-electron chi connectivity index (χ2n) is 7.32. The molecule has 1 saturated heterocycles. The molecule has 2 aromatic carbocycles. The van der Waals surface area contributed by atoms with E-state index in [1.54, 1.807) is 12.1 Å². The molecular formula is C21H26N2O3S. The van der Waals surface area contributed by atoms with Crippen LogP contribution in [-0.4, -0.2) is 26.6 Å². The molecule has 5 nitrogen and oxygen atoms in total. The maximum Gasteiger partial charge on any atom is 0.255 e. The van der Waals surface area contributed by atoms with Crippen molar-refractivity contribution in [2.45, 2.75) is 40.5 Å². The fourth-order valence-electron chi connectivity index (χ4n) is 3.64. The molecule has 27 heavy (non-hydrogen) atoms. The van der Waals surface area contributed by atoms with E-state index in [1.807, 2.05) is 45.9 Å². The van der Waals surface area contributed by atoms with E-state index in [9.17, 15) is 13.2 Å². The molecule has 144 valence electrons. The van der Waals surface area contributed by atoms with Crippen molar-refractivity contribution >= 4 is 27.3 Å². The molecule has 0 aliphatic carbocycles. The number of amides is 1. The monoisotopic (exact) mass is 386 g/mol. The number of benzene rings is 2. The van der Waals surface area contributed by atoms with E-state index in [2.05, 4.69) is 5.32 Å².